The summed E-state index contributed by atoms with van der Waals surface area (Å²) >= 11 is 7.09. The lowest BCUT2D eigenvalue weighted by Crippen LogP contribution is -2.07. The number of hydrogen-bond acceptors (Lipinski definition) is 4. The molecule has 0 aliphatic carbocycles. The molecule has 0 unspecified atom stereocenters. The normalized spacial score (nSPS) is 9.88. The average Bonchev–Trinajstić information content (AvgIpc) is 2.34. The minimum atomic E-state index is -0.388. The number of thioether (sulfide) groups is 1. The number of carbonyl (C=O) groups excluding carboxylic acids is 1. The smallest absolute Gasteiger partial charge is 0.341 e. The summed E-state index contributed by atoms with van der Waals surface area (Å²) in [4.78, 5) is 11.4. The summed E-state index contributed by atoms with van der Waals surface area (Å²) in [7, 11) is 1.35. The highest BCUT2D eigenvalue weighted by Crippen LogP contribution is 2.19. The van der Waals surface area contributed by atoms with Crippen molar-refractivity contribution in [1.29, 1.82) is 0 Å². The molecule has 0 heterocycles. The van der Waals surface area contributed by atoms with E-state index in [9.17, 15) is 4.79 Å². The molecule has 0 saturated carbocycles. The standard InChI is InChI=1S/C11H13ClO3S/c1-14-11(13)9-4-2-3-5-10(9)15-6-7-16-8-12/h2-5H,6-8H2,1H3. The molecule has 1 aromatic carbocycles. The van der Waals surface area contributed by atoms with Gasteiger partial charge in [0.25, 0.3) is 0 Å². The number of hydrogen-bond donors (Lipinski definition) is 0. The van der Waals surface area contributed by atoms with Gasteiger partial charge in [0.1, 0.15) is 11.3 Å². The zero-order valence-corrected chi connectivity index (χ0v) is 10.5. The predicted molar refractivity (Wildman–Crippen MR) is 66.5 cm³/mol. The topological polar surface area (TPSA) is 35.5 Å². The second-order valence-corrected chi connectivity index (χ2v) is 4.54. The lowest BCUT2D eigenvalue weighted by Gasteiger charge is -2.09. The molecule has 0 spiro atoms. The van der Waals surface area contributed by atoms with E-state index in [1.807, 2.05) is 6.07 Å². The molecule has 0 aliphatic rings. The van der Waals surface area contributed by atoms with Crippen LogP contribution in [0.4, 0.5) is 0 Å². The Morgan fingerprint density at radius 3 is 2.88 bits per heavy atom. The number of alkyl halides is 1. The first-order chi connectivity index (χ1) is 7.79. The Morgan fingerprint density at radius 2 is 2.19 bits per heavy atom. The third-order valence-corrected chi connectivity index (χ3v) is 2.93. The van der Waals surface area contributed by atoms with Crippen LogP contribution in [0, 0.1) is 0 Å². The van der Waals surface area contributed by atoms with E-state index in [1.165, 1.54) is 7.11 Å². The van der Waals surface area contributed by atoms with E-state index in [4.69, 9.17) is 16.3 Å². The van der Waals surface area contributed by atoms with Crippen molar-refractivity contribution >= 4 is 29.3 Å². The fraction of sp³-hybridized carbons (Fsp3) is 0.364. The number of ether oxygens (including phenoxy) is 2. The van der Waals surface area contributed by atoms with E-state index in [0.29, 0.717) is 23.1 Å². The highest BCUT2D eigenvalue weighted by atomic mass is 35.5. The van der Waals surface area contributed by atoms with E-state index in [2.05, 4.69) is 4.74 Å². The first-order valence-corrected chi connectivity index (χ1v) is 6.42. The molecule has 16 heavy (non-hydrogen) atoms. The van der Waals surface area contributed by atoms with E-state index < -0.39 is 0 Å². The van der Waals surface area contributed by atoms with Gasteiger partial charge in [0.15, 0.2) is 0 Å². The molecule has 0 N–H and O–H groups in total. The molecular weight excluding hydrogens is 248 g/mol. The van der Waals surface area contributed by atoms with Crippen molar-refractivity contribution in [3.8, 4) is 5.75 Å². The van der Waals surface area contributed by atoms with Gasteiger partial charge in [-0.1, -0.05) is 12.1 Å². The first-order valence-electron chi connectivity index (χ1n) is 4.73. The van der Waals surface area contributed by atoms with Gasteiger partial charge in [-0.05, 0) is 12.1 Å². The summed E-state index contributed by atoms with van der Waals surface area (Å²) in [5, 5.41) is 0.544. The maximum Gasteiger partial charge on any atom is 0.341 e. The molecule has 3 nitrogen and oxygen atoms in total. The van der Waals surface area contributed by atoms with E-state index in [1.54, 1.807) is 30.0 Å². The van der Waals surface area contributed by atoms with Crippen LogP contribution in [0.15, 0.2) is 24.3 Å². The van der Waals surface area contributed by atoms with E-state index >= 15 is 0 Å². The van der Waals surface area contributed by atoms with Crippen LogP contribution in [-0.2, 0) is 4.74 Å². The third-order valence-electron chi connectivity index (χ3n) is 1.85. The monoisotopic (exact) mass is 260 g/mol. The summed E-state index contributed by atoms with van der Waals surface area (Å²) in [6.45, 7) is 0.519. The van der Waals surface area contributed by atoms with Crippen molar-refractivity contribution in [3.63, 3.8) is 0 Å². The molecule has 0 atom stereocenters. The molecule has 88 valence electrons. The minimum Gasteiger partial charge on any atom is -0.492 e. The van der Waals surface area contributed by atoms with Crippen molar-refractivity contribution in [2.24, 2.45) is 0 Å². The van der Waals surface area contributed by atoms with Crippen LogP contribution in [-0.4, -0.2) is 30.7 Å². The fourth-order valence-electron chi connectivity index (χ4n) is 1.14. The lowest BCUT2D eigenvalue weighted by atomic mass is 10.2. The molecular formula is C11H13ClO3S. The SMILES string of the molecule is COC(=O)c1ccccc1OCCSCCl. The highest BCUT2D eigenvalue weighted by Gasteiger charge is 2.11. The minimum absolute atomic E-state index is 0.388. The quantitative estimate of drug-likeness (QED) is 0.448. The van der Waals surface area contributed by atoms with Gasteiger partial charge in [-0.2, -0.15) is 0 Å². The largest absolute Gasteiger partial charge is 0.492 e. The number of para-hydroxylation sites is 1. The van der Waals surface area contributed by atoms with Gasteiger partial charge in [-0.3, -0.25) is 0 Å². The van der Waals surface area contributed by atoms with Crippen molar-refractivity contribution in [3.05, 3.63) is 29.8 Å². The molecule has 0 radical (unpaired) electrons. The Labute approximate surface area is 104 Å². The summed E-state index contributed by atoms with van der Waals surface area (Å²) in [5.41, 5.74) is 0.445. The number of esters is 1. The van der Waals surface area contributed by atoms with Gasteiger partial charge in [-0.25, -0.2) is 4.79 Å². The van der Waals surface area contributed by atoms with Crippen LogP contribution in [0.5, 0.6) is 5.75 Å². The summed E-state index contributed by atoms with van der Waals surface area (Å²) in [6, 6.07) is 7.01. The molecule has 5 heteroatoms. The zero-order chi connectivity index (χ0) is 11.8. The van der Waals surface area contributed by atoms with Crippen LogP contribution in [0.25, 0.3) is 0 Å². The number of benzene rings is 1. The van der Waals surface area contributed by atoms with Gasteiger partial charge in [0, 0.05) is 5.75 Å². The van der Waals surface area contributed by atoms with E-state index in [0.717, 1.165) is 5.75 Å². The fourth-order valence-corrected chi connectivity index (χ4v) is 1.77. The number of halogens is 1. The number of methoxy groups -OCH3 is 1. The van der Waals surface area contributed by atoms with Crippen LogP contribution >= 0.6 is 23.4 Å². The second-order valence-electron chi connectivity index (χ2n) is 2.85. The Balaban J connectivity index is 2.60. The Hall–Kier alpha value is -0.870. The molecule has 1 aromatic rings. The Morgan fingerprint density at radius 1 is 1.44 bits per heavy atom. The van der Waals surface area contributed by atoms with Crippen molar-refractivity contribution in [1.82, 2.24) is 0 Å². The Bertz CT molecular complexity index is 344. The van der Waals surface area contributed by atoms with Crippen molar-refractivity contribution in [2.75, 3.05) is 24.7 Å². The molecule has 0 aliphatic heterocycles. The molecule has 1 rings (SSSR count). The second kappa shape index (κ2) is 7.41. The van der Waals surface area contributed by atoms with Gasteiger partial charge in [-0.15, -0.1) is 23.4 Å². The van der Waals surface area contributed by atoms with Crippen molar-refractivity contribution in [2.45, 2.75) is 0 Å². The van der Waals surface area contributed by atoms with Crippen LogP contribution < -0.4 is 4.74 Å². The summed E-state index contributed by atoms with van der Waals surface area (Å²) in [6.07, 6.45) is 0. The highest BCUT2D eigenvalue weighted by molar-refractivity contribution is 8.00. The molecule has 0 aromatic heterocycles. The van der Waals surface area contributed by atoms with E-state index in [-0.39, 0.29) is 5.97 Å². The third kappa shape index (κ3) is 3.94. The van der Waals surface area contributed by atoms with Crippen LogP contribution in [0.1, 0.15) is 10.4 Å². The van der Waals surface area contributed by atoms with Gasteiger partial charge < -0.3 is 9.47 Å². The van der Waals surface area contributed by atoms with Crippen molar-refractivity contribution < 1.29 is 14.3 Å². The number of carbonyl (C=O) groups is 1. The average molecular weight is 261 g/mol. The maximum atomic E-state index is 11.4. The molecule has 0 amide bonds. The zero-order valence-electron chi connectivity index (χ0n) is 8.94. The first kappa shape index (κ1) is 13.2. The predicted octanol–water partition coefficient (Wildman–Crippen LogP) is 2.78. The molecule has 0 fully saturated rings. The summed E-state index contributed by atoms with van der Waals surface area (Å²) < 4.78 is 10.1. The Kier molecular flexibility index (Phi) is 6.11. The summed E-state index contributed by atoms with van der Waals surface area (Å²) in [5.74, 6) is 0.948. The maximum absolute atomic E-state index is 11.4. The van der Waals surface area contributed by atoms with Gasteiger partial charge >= 0.3 is 5.97 Å². The van der Waals surface area contributed by atoms with Crippen LogP contribution in [0.2, 0.25) is 0 Å². The van der Waals surface area contributed by atoms with Crippen LogP contribution in [0.3, 0.4) is 0 Å². The molecule has 0 saturated heterocycles. The van der Waals surface area contributed by atoms with Gasteiger partial charge in [0.2, 0.25) is 0 Å². The molecule has 0 bridgehead atoms. The lowest BCUT2D eigenvalue weighted by molar-refractivity contribution is 0.0596. The van der Waals surface area contributed by atoms with Gasteiger partial charge in [0.05, 0.1) is 18.9 Å². The number of rotatable bonds is 6.